The van der Waals surface area contributed by atoms with Crippen LogP contribution >= 0.6 is 11.6 Å². The zero-order valence-electron chi connectivity index (χ0n) is 14.8. The van der Waals surface area contributed by atoms with Gasteiger partial charge in [-0.3, -0.25) is 9.59 Å². The molecule has 1 aromatic carbocycles. The fraction of sp³-hybridized carbons (Fsp3) is 0.579. The van der Waals surface area contributed by atoms with Crippen LogP contribution in [0.2, 0.25) is 5.02 Å². The molecule has 25 heavy (non-hydrogen) atoms. The van der Waals surface area contributed by atoms with Gasteiger partial charge in [0.05, 0.1) is 10.7 Å². The zero-order chi connectivity index (χ0) is 18.0. The highest BCUT2D eigenvalue weighted by Gasteiger charge is 2.32. The van der Waals surface area contributed by atoms with Crippen molar-refractivity contribution < 1.29 is 14.3 Å². The van der Waals surface area contributed by atoms with Gasteiger partial charge in [-0.15, -0.1) is 0 Å². The average molecular weight is 365 g/mol. The monoisotopic (exact) mass is 364 g/mol. The minimum atomic E-state index is -0.278. The molecule has 136 valence electrons. The van der Waals surface area contributed by atoms with Crippen LogP contribution in [-0.2, 0) is 14.3 Å². The van der Waals surface area contributed by atoms with E-state index in [1.807, 2.05) is 30.9 Å². The first kappa shape index (κ1) is 18.2. The van der Waals surface area contributed by atoms with Crippen LogP contribution in [0.15, 0.2) is 12.1 Å². The number of rotatable bonds is 3. The number of carbonyl (C=O) groups is 2. The molecular formula is C19H25ClN2O3. The number of ether oxygens (including phenoxy) is 1. The number of anilines is 1. The van der Waals surface area contributed by atoms with Gasteiger partial charge in [-0.1, -0.05) is 17.7 Å². The van der Waals surface area contributed by atoms with E-state index >= 15 is 0 Å². The Hall–Kier alpha value is -1.59. The normalized spacial score (nSPS) is 21.4. The standard InChI is InChI=1S/C19H25ClN2O3/c1-12-10-13(2)17(15(20)11-12)21-18(23)14-5-7-22(8-6-14)19(24)16-4-3-9-25-16/h10-11,14,16H,3-9H2,1-2H3,(H,21,23). The van der Waals surface area contributed by atoms with Crippen LogP contribution in [0.4, 0.5) is 5.69 Å². The lowest BCUT2D eigenvalue weighted by Crippen LogP contribution is -2.45. The molecule has 0 bridgehead atoms. The SMILES string of the molecule is Cc1cc(C)c(NC(=O)C2CCN(C(=O)C3CCCO3)CC2)c(Cl)c1. The molecule has 0 aromatic heterocycles. The number of nitrogens with zero attached hydrogens (tertiary/aromatic N) is 1. The molecule has 5 nitrogen and oxygen atoms in total. The third-order valence-corrected chi connectivity index (χ3v) is 5.36. The van der Waals surface area contributed by atoms with Gasteiger partial charge in [-0.2, -0.15) is 0 Å². The summed E-state index contributed by atoms with van der Waals surface area (Å²) in [7, 11) is 0. The maximum atomic E-state index is 12.6. The summed E-state index contributed by atoms with van der Waals surface area (Å²) >= 11 is 6.27. The van der Waals surface area contributed by atoms with Gasteiger partial charge in [-0.05, 0) is 56.7 Å². The maximum absolute atomic E-state index is 12.6. The molecule has 6 heteroatoms. The van der Waals surface area contributed by atoms with E-state index in [4.69, 9.17) is 16.3 Å². The second-order valence-electron chi connectivity index (χ2n) is 7.03. The van der Waals surface area contributed by atoms with Crippen molar-refractivity contribution in [2.45, 2.75) is 45.6 Å². The van der Waals surface area contributed by atoms with E-state index in [9.17, 15) is 9.59 Å². The summed E-state index contributed by atoms with van der Waals surface area (Å²) in [6.45, 7) is 5.81. The smallest absolute Gasteiger partial charge is 0.251 e. The van der Waals surface area contributed by atoms with Gasteiger partial charge in [0, 0.05) is 25.6 Å². The molecular weight excluding hydrogens is 340 g/mol. The predicted octanol–water partition coefficient (Wildman–Crippen LogP) is 3.31. The second-order valence-corrected chi connectivity index (χ2v) is 7.44. The summed E-state index contributed by atoms with van der Waals surface area (Å²) in [4.78, 5) is 26.8. The quantitative estimate of drug-likeness (QED) is 0.895. The van der Waals surface area contributed by atoms with E-state index in [2.05, 4.69) is 5.32 Å². The van der Waals surface area contributed by atoms with E-state index in [1.54, 1.807) is 0 Å². The van der Waals surface area contributed by atoms with E-state index in [1.165, 1.54) is 0 Å². The topological polar surface area (TPSA) is 58.6 Å². The Balaban J connectivity index is 1.56. The largest absolute Gasteiger partial charge is 0.368 e. The van der Waals surface area contributed by atoms with Crippen molar-refractivity contribution in [2.24, 2.45) is 5.92 Å². The number of piperidine rings is 1. The predicted molar refractivity (Wildman–Crippen MR) is 97.8 cm³/mol. The molecule has 2 saturated heterocycles. The minimum Gasteiger partial charge on any atom is -0.368 e. The zero-order valence-corrected chi connectivity index (χ0v) is 15.6. The van der Waals surface area contributed by atoms with Gasteiger partial charge in [0.1, 0.15) is 6.10 Å². The van der Waals surface area contributed by atoms with Crippen molar-refractivity contribution in [3.63, 3.8) is 0 Å². The molecule has 0 saturated carbocycles. The van der Waals surface area contributed by atoms with Gasteiger partial charge < -0.3 is 15.0 Å². The third kappa shape index (κ3) is 4.15. The first-order valence-corrected chi connectivity index (χ1v) is 9.31. The summed E-state index contributed by atoms with van der Waals surface area (Å²) in [6.07, 6.45) is 2.83. The molecule has 0 spiro atoms. The fourth-order valence-corrected chi connectivity index (χ4v) is 4.01. The van der Waals surface area contributed by atoms with Gasteiger partial charge in [0.25, 0.3) is 5.91 Å². The number of hydrogen-bond acceptors (Lipinski definition) is 3. The Morgan fingerprint density at radius 2 is 1.92 bits per heavy atom. The lowest BCUT2D eigenvalue weighted by Gasteiger charge is -2.32. The highest BCUT2D eigenvalue weighted by Crippen LogP contribution is 2.29. The molecule has 2 heterocycles. The maximum Gasteiger partial charge on any atom is 0.251 e. The van der Waals surface area contributed by atoms with Crippen molar-refractivity contribution in [2.75, 3.05) is 25.0 Å². The second kappa shape index (κ2) is 7.75. The lowest BCUT2D eigenvalue weighted by atomic mass is 9.95. The van der Waals surface area contributed by atoms with Crippen LogP contribution in [0.3, 0.4) is 0 Å². The Morgan fingerprint density at radius 3 is 2.52 bits per heavy atom. The van der Waals surface area contributed by atoms with Gasteiger partial charge in [0.2, 0.25) is 5.91 Å². The molecule has 1 N–H and O–H groups in total. The number of benzene rings is 1. The molecule has 3 rings (SSSR count). The number of nitrogens with one attached hydrogen (secondary N) is 1. The molecule has 2 fully saturated rings. The Kier molecular flexibility index (Phi) is 5.64. The lowest BCUT2D eigenvalue weighted by molar-refractivity contribution is -0.143. The van der Waals surface area contributed by atoms with Crippen LogP contribution in [0, 0.1) is 19.8 Å². The fourth-order valence-electron chi connectivity index (χ4n) is 3.64. The van der Waals surface area contributed by atoms with Crippen LogP contribution in [0.1, 0.15) is 36.8 Å². The Bertz CT molecular complexity index is 640. The molecule has 2 aliphatic rings. The number of aryl methyl sites for hydroxylation is 2. The average Bonchev–Trinajstić information content (AvgIpc) is 3.12. The van der Waals surface area contributed by atoms with Crippen molar-refractivity contribution in [3.05, 3.63) is 28.3 Å². The molecule has 2 aliphatic heterocycles. The van der Waals surface area contributed by atoms with E-state index < -0.39 is 0 Å². The van der Waals surface area contributed by atoms with Crippen LogP contribution in [-0.4, -0.2) is 42.5 Å². The Morgan fingerprint density at radius 1 is 1.20 bits per heavy atom. The molecule has 2 amide bonds. The number of likely N-dealkylation sites (tertiary alicyclic amines) is 1. The summed E-state index contributed by atoms with van der Waals surface area (Å²) in [5.41, 5.74) is 2.72. The summed E-state index contributed by atoms with van der Waals surface area (Å²) < 4.78 is 5.47. The van der Waals surface area contributed by atoms with E-state index in [0.717, 1.165) is 24.0 Å². The van der Waals surface area contributed by atoms with Crippen LogP contribution < -0.4 is 5.32 Å². The molecule has 0 radical (unpaired) electrons. The summed E-state index contributed by atoms with van der Waals surface area (Å²) in [6, 6.07) is 3.86. The molecule has 1 atom stereocenters. The Labute approximate surface area is 153 Å². The first-order chi connectivity index (χ1) is 12.0. The van der Waals surface area contributed by atoms with Crippen molar-refractivity contribution >= 4 is 29.1 Å². The van der Waals surface area contributed by atoms with E-state index in [0.29, 0.717) is 43.2 Å². The summed E-state index contributed by atoms with van der Waals surface area (Å²) in [5.74, 6) is -0.0304. The van der Waals surface area contributed by atoms with Crippen molar-refractivity contribution in [1.82, 2.24) is 4.90 Å². The minimum absolute atomic E-state index is 0.0157. The first-order valence-electron chi connectivity index (χ1n) is 8.93. The number of halogens is 1. The summed E-state index contributed by atoms with van der Waals surface area (Å²) in [5, 5.41) is 3.54. The molecule has 0 aliphatic carbocycles. The van der Waals surface area contributed by atoms with Gasteiger partial charge in [0.15, 0.2) is 0 Å². The molecule has 1 unspecified atom stereocenters. The van der Waals surface area contributed by atoms with Crippen LogP contribution in [0.5, 0.6) is 0 Å². The number of amides is 2. The van der Waals surface area contributed by atoms with E-state index in [-0.39, 0.29) is 23.8 Å². The highest BCUT2D eigenvalue weighted by molar-refractivity contribution is 6.34. The van der Waals surface area contributed by atoms with Gasteiger partial charge in [-0.25, -0.2) is 0 Å². The molecule has 1 aromatic rings. The third-order valence-electron chi connectivity index (χ3n) is 5.06. The van der Waals surface area contributed by atoms with Crippen molar-refractivity contribution in [1.29, 1.82) is 0 Å². The number of carbonyl (C=O) groups excluding carboxylic acids is 2. The van der Waals surface area contributed by atoms with Crippen LogP contribution in [0.25, 0.3) is 0 Å². The number of hydrogen-bond donors (Lipinski definition) is 1. The highest BCUT2D eigenvalue weighted by atomic mass is 35.5. The van der Waals surface area contributed by atoms with Gasteiger partial charge >= 0.3 is 0 Å². The van der Waals surface area contributed by atoms with Crippen molar-refractivity contribution in [3.8, 4) is 0 Å².